The van der Waals surface area contributed by atoms with Crippen molar-refractivity contribution in [3.05, 3.63) is 23.8 Å². The fourth-order valence-corrected chi connectivity index (χ4v) is 2.68. The van der Waals surface area contributed by atoms with Crippen molar-refractivity contribution in [1.29, 1.82) is 0 Å². The van der Waals surface area contributed by atoms with E-state index in [1.165, 1.54) is 12.1 Å². The van der Waals surface area contributed by atoms with Gasteiger partial charge in [-0.3, -0.25) is 4.79 Å². The first kappa shape index (κ1) is 14.7. The number of rotatable bonds is 2. The van der Waals surface area contributed by atoms with Crippen LogP contribution in [0.3, 0.4) is 0 Å². The Kier molecular flexibility index (Phi) is 4.49. The van der Waals surface area contributed by atoms with E-state index in [2.05, 4.69) is 18.9 Å². The van der Waals surface area contributed by atoms with Crippen LogP contribution in [0.2, 0.25) is 0 Å². The van der Waals surface area contributed by atoms with Gasteiger partial charge >= 0.3 is 0 Å². The first-order chi connectivity index (χ1) is 9.52. The van der Waals surface area contributed by atoms with Gasteiger partial charge in [-0.05, 0) is 44.6 Å². The van der Waals surface area contributed by atoms with Crippen molar-refractivity contribution in [3.8, 4) is 11.5 Å². The molecule has 0 bridgehead atoms. The average Bonchev–Trinajstić information content (AvgIpc) is 2.62. The predicted molar refractivity (Wildman–Crippen MR) is 77.0 cm³/mol. The second-order valence-corrected chi connectivity index (χ2v) is 5.38. The Balaban J connectivity index is 2.23. The summed E-state index contributed by atoms with van der Waals surface area (Å²) in [6, 6.07) is 4.43. The quantitative estimate of drug-likeness (QED) is 0.808. The Labute approximate surface area is 119 Å². The van der Waals surface area contributed by atoms with Gasteiger partial charge in [0, 0.05) is 24.7 Å². The van der Waals surface area contributed by atoms with Crippen LogP contribution in [0.5, 0.6) is 11.5 Å². The van der Waals surface area contributed by atoms with Gasteiger partial charge in [-0.1, -0.05) is 6.92 Å². The maximum atomic E-state index is 12.6. The highest BCUT2D eigenvalue weighted by Crippen LogP contribution is 2.26. The van der Waals surface area contributed by atoms with Crippen LogP contribution in [0.25, 0.3) is 0 Å². The minimum absolute atomic E-state index is 0.0811. The van der Waals surface area contributed by atoms with Crippen LogP contribution in [0.4, 0.5) is 0 Å². The predicted octanol–water partition coefficient (Wildman–Crippen LogP) is 1.65. The summed E-state index contributed by atoms with van der Waals surface area (Å²) < 4.78 is 0. The average molecular weight is 278 g/mol. The number of aromatic hydroxyl groups is 2. The minimum Gasteiger partial charge on any atom is -0.504 e. The Hall–Kier alpha value is -1.75. The molecule has 1 saturated heterocycles. The molecule has 0 aromatic heterocycles. The van der Waals surface area contributed by atoms with Gasteiger partial charge in [0.2, 0.25) is 0 Å². The fraction of sp³-hybridized carbons (Fsp3) is 0.533. The van der Waals surface area contributed by atoms with Crippen molar-refractivity contribution >= 4 is 5.91 Å². The molecule has 1 aliphatic heterocycles. The standard InChI is InChI=1S/C15H22N2O3/c1-3-12-10-16(2)7-4-8-17(12)15(20)11-5-6-13(18)14(19)9-11/h5-6,9,12,18-19H,3-4,7-8,10H2,1-2H3. The lowest BCUT2D eigenvalue weighted by atomic mass is 10.1. The summed E-state index contributed by atoms with van der Waals surface area (Å²) in [5, 5.41) is 18.9. The highest BCUT2D eigenvalue weighted by atomic mass is 16.3. The Morgan fingerprint density at radius 1 is 1.30 bits per heavy atom. The number of nitrogens with zero attached hydrogens (tertiary/aromatic N) is 2. The number of hydrogen-bond acceptors (Lipinski definition) is 4. The molecule has 1 unspecified atom stereocenters. The van der Waals surface area contributed by atoms with Crippen molar-refractivity contribution in [3.63, 3.8) is 0 Å². The van der Waals surface area contributed by atoms with Crippen LogP contribution in [0.15, 0.2) is 18.2 Å². The zero-order valence-electron chi connectivity index (χ0n) is 12.0. The Morgan fingerprint density at radius 3 is 2.70 bits per heavy atom. The third kappa shape index (κ3) is 3.04. The number of amides is 1. The van der Waals surface area contributed by atoms with Gasteiger partial charge in [0.15, 0.2) is 11.5 Å². The first-order valence-electron chi connectivity index (χ1n) is 7.04. The summed E-state index contributed by atoms with van der Waals surface area (Å²) in [6.07, 6.45) is 1.85. The Morgan fingerprint density at radius 2 is 2.05 bits per heavy atom. The summed E-state index contributed by atoms with van der Waals surface area (Å²) >= 11 is 0. The van der Waals surface area contributed by atoms with E-state index in [0.717, 1.165) is 32.5 Å². The van der Waals surface area contributed by atoms with Crippen LogP contribution in [-0.2, 0) is 0 Å². The molecule has 110 valence electrons. The smallest absolute Gasteiger partial charge is 0.254 e. The number of benzene rings is 1. The summed E-state index contributed by atoms with van der Waals surface area (Å²) in [5.41, 5.74) is 0.420. The number of hydrogen-bond donors (Lipinski definition) is 2. The molecule has 1 heterocycles. The molecule has 1 aromatic carbocycles. The highest BCUT2D eigenvalue weighted by Gasteiger charge is 2.27. The lowest BCUT2D eigenvalue weighted by Gasteiger charge is -2.30. The summed E-state index contributed by atoms with van der Waals surface area (Å²) in [5.74, 6) is -0.539. The molecule has 5 nitrogen and oxygen atoms in total. The van der Waals surface area contributed by atoms with Crippen molar-refractivity contribution in [1.82, 2.24) is 9.80 Å². The topological polar surface area (TPSA) is 64.0 Å². The zero-order chi connectivity index (χ0) is 14.7. The number of carbonyl (C=O) groups is 1. The minimum atomic E-state index is -0.254. The monoisotopic (exact) mass is 278 g/mol. The highest BCUT2D eigenvalue weighted by molar-refractivity contribution is 5.95. The van der Waals surface area contributed by atoms with Gasteiger partial charge in [-0.15, -0.1) is 0 Å². The van der Waals surface area contributed by atoms with Crippen LogP contribution >= 0.6 is 0 Å². The number of phenols is 2. The molecule has 2 rings (SSSR count). The number of carbonyl (C=O) groups excluding carboxylic acids is 1. The van der Waals surface area contributed by atoms with Gasteiger partial charge in [-0.2, -0.15) is 0 Å². The molecular formula is C15H22N2O3. The SMILES string of the molecule is CCC1CN(C)CCCN1C(=O)c1ccc(O)c(O)c1. The molecular weight excluding hydrogens is 256 g/mol. The normalized spacial score (nSPS) is 20.7. The van der Waals surface area contributed by atoms with Crippen LogP contribution < -0.4 is 0 Å². The molecule has 1 fully saturated rings. The van der Waals surface area contributed by atoms with E-state index in [-0.39, 0.29) is 23.4 Å². The maximum absolute atomic E-state index is 12.6. The van der Waals surface area contributed by atoms with E-state index >= 15 is 0 Å². The molecule has 20 heavy (non-hydrogen) atoms. The Bertz CT molecular complexity index is 490. The number of likely N-dealkylation sites (N-methyl/N-ethyl adjacent to an activating group) is 1. The van der Waals surface area contributed by atoms with Gasteiger partial charge in [0.05, 0.1) is 0 Å². The molecule has 0 aliphatic carbocycles. The maximum Gasteiger partial charge on any atom is 0.254 e. The van der Waals surface area contributed by atoms with Crippen molar-refractivity contribution in [2.75, 3.05) is 26.7 Å². The van der Waals surface area contributed by atoms with Crippen LogP contribution in [0.1, 0.15) is 30.1 Å². The molecule has 5 heteroatoms. The van der Waals surface area contributed by atoms with Gasteiger partial charge in [-0.25, -0.2) is 0 Å². The van der Waals surface area contributed by atoms with Crippen molar-refractivity contribution in [2.45, 2.75) is 25.8 Å². The zero-order valence-corrected chi connectivity index (χ0v) is 12.0. The number of phenolic OH excluding ortho intramolecular Hbond substituents is 2. The van der Waals surface area contributed by atoms with Crippen molar-refractivity contribution in [2.24, 2.45) is 0 Å². The van der Waals surface area contributed by atoms with E-state index in [9.17, 15) is 15.0 Å². The third-order valence-corrected chi connectivity index (χ3v) is 3.86. The molecule has 0 radical (unpaired) electrons. The largest absolute Gasteiger partial charge is 0.504 e. The molecule has 1 amide bonds. The fourth-order valence-electron chi connectivity index (χ4n) is 2.68. The first-order valence-corrected chi connectivity index (χ1v) is 7.04. The van der Waals surface area contributed by atoms with Gasteiger partial charge in [0.1, 0.15) is 0 Å². The molecule has 0 spiro atoms. The molecule has 0 saturated carbocycles. The van der Waals surface area contributed by atoms with E-state index in [4.69, 9.17) is 0 Å². The molecule has 1 atom stereocenters. The van der Waals surface area contributed by atoms with Gasteiger partial charge in [0.25, 0.3) is 5.91 Å². The summed E-state index contributed by atoms with van der Waals surface area (Å²) in [7, 11) is 2.07. The summed E-state index contributed by atoms with van der Waals surface area (Å²) in [6.45, 7) is 4.66. The molecule has 1 aliphatic rings. The second kappa shape index (κ2) is 6.13. The molecule has 1 aromatic rings. The van der Waals surface area contributed by atoms with Crippen LogP contribution in [0, 0.1) is 0 Å². The van der Waals surface area contributed by atoms with E-state index < -0.39 is 0 Å². The third-order valence-electron chi connectivity index (χ3n) is 3.86. The summed E-state index contributed by atoms with van der Waals surface area (Å²) in [4.78, 5) is 16.7. The van der Waals surface area contributed by atoms with Crippen LogP contribution in [-0.4, -0.2) is 58.6 Å². The lowest BCUT2D eigenvalue weighted by Crippen LogP contribution is -2.43. The van der Waals surface area contributed by atoms with E-state index in [0.29, 0.717) is 5.56 Å². The van der Waals surface area contributed by atoms with E-state index in [1.54, 1.807) is 6.07 Å². The van der Waals surface area contributed by atoms with Gasteiger partial charge < -0.3 is 20.0 Å². The van der Waals surface area contributed by atoms with Crippen molar-refractivity contribution < 1.29 is 15.0 Å². The van der Waals surface area contributed by atoms with E-state index in [1.807, 2.05) is 4.90 Å². The lowest BCUT2D eigenvalue weighted by molar-refractivity contribution is 0.0675. The second-order valence-electron chi connectivity index (χ2n) is 5.38. The molecule has 2 N–H and O–H groups in total.